The molecule has 0 spiro atoms. The lowest BCUT2D eigenvalue weighted by Gasteiger charge is -2.22. The molecule has 0 saturated carbocycles. The summed E-state index contributed by atoms with van der Waals surface area (Å²) in [5, 5.41) is 3.15. The second-order valence-electron chi connectivity index (χ2n) is 4.39. The molecule has 4 heteroatoms. The molecule has 3 N–H and O–H groups in total. The van der Waals surface area contributed by atoms with Gasteiger partial charge in [-0.1, -0.05) is 6.42 Å². The van der Waals surface area contributed by atoms with Crippen molar-refractivity contribution in [2.75, 3.05) is 26.7 Å². The lowest BCUT2D eigenvalue weighted by molar-refractivity contribution is 0.200. The Labute approximate surface area is 92.2 Å². The Kier molecular flexibility index (Phi) is 5.47. The first-order valence-corrected chi connectivity index (χ1v) is 5.93. The molecule has 0 aromatic carbocycles. The number of likely N-dealkylation sites (tertiary alicyclic amines) is 1. The normalized spacial score (nSPS) is 22.5. The summed E-state index contributed by atoms with van der Waals surface area (Å²) in [7, 11) is 1.98. The molecular formula is C11H23N3O. The molecule has 0 radical (unpaired) electrons. The van der Waals surface area contributed by atoms with Crippen molar-refractivity contribution < 1.29 is 4.79 Å². The van der Waals surface area contributed by atoms with Crippen LogP contribution in [0.15, 0.2) is 0 Å². The van der Waals surface area contributed by atoms with Crippen LogP contribution in [0.1, 0.15) is 32.1 Å². The van der Waals surface area contributed by atoms with Crippen LogP contribution in [0.25, 0.3) is 0 Å². The highest BCUT2D eigenvalue weighted by molar-refractivity contribution is 5.71. The topological polar surface area (TPSA) is 58.4 Å². The molecule has 1 unspecified atom stereocenters. The summed E-state index contributed by atoms with van der Waals surface area (Å²) in [6, 6.07) is -0.254. The molecule has 0 aromatic heterocycles. The molecule has 0 bridgehead atoms. The third-order valence-corrected chi connectivity index (χ3v) is 3.12. The lowest BCUT2D eigenvalue weighted by atomic mass is 9.98. The molecule has 1 saturated heterocycles. The molecule has 1 fully saturated rings. The van der Waals surface area contributed by atoms with Crippen LogP contribution in [0.2, 0.25) is 0 Å². The fourth-order valence-corrected chi connectivity index (χ4v) is 2.23. The number of carbonyl (C=O) groups is 1. The van der Waals surface area contributed by atoms with E-state index in [1.807, 2.05) is 7.05 Å². The Morgan fingerprint density at radius 2 is 2.33 bits per heavy atom. The van der Waals surface area contributed by atoms with Gasteiger partial charge in [-0.25, -0.2) is 4.79 Å². The van der Waals surface area contributed by atoms with Crippen molar-refractivity contribution in [3.8, 4) is 0 Å². The van der Waals surface area contributed by atoms with E-state index in [1.165, 1.54) is 25.7 Å². The first-order chi connectivity index (χ1) is 7.24. The van der Waals surface area contributed by atoms with Gasteiger partial charge in [-0.2, -0.15) is 0 Å². The number of rotatable bonds is 4. The monoisotopic (exact) mass is 213 g/mol. The molecule has 1 rings (SSSR count). The Hall–Kier alpha value is -0.770. The van der Waals surface area contributed by atoms with Crippen LogP contribution >= 0.6 is 0 Å². The Bertz CT molecular complexity index is 196. The Balaban J connectivity index is 2.32. The first-order valence-electron chi connectivity index (χ1n) is 5.93. The van der Waals surface area contributed by atoms with Gasteiger partial charge in [0.2, 0.25) is 0 Å². The van der Waals surface area contributed by atoms with E-state index in [2.05, 4.69) is 5.32 Å². The molecule has 0 aliphatic carbocycles. The van der Waals surface area contributed by atoms with E-state index in [1.54, 1.807) is 4.90 Å². The highest BCUT2D eigenvalue weighted by Gasteiger charge is 2.19. The van der Waals surface area contributed by atoms with Crippen LogP contribution in [0.3, 0.4) is 0 Å². The van der Waals surface area contributed by atoms with E-state index in [-0.39, 0.29) is 6.03 Å². The average Bonchev–Trinajstić information content (AvgIpc) is 2.44. The quantitative estimate of drug-likeness (QED) is 0.689. The largest absolute Gasteiger partial charge is 0.351 e. The minimum absolute atomic E-state index is 0.254. The smallest absolute Gasteiger partial charge is 0.314 e. The second kappa shape index (κ2) is 6.67. The molecule has 1 atom stereocenters. The van der Waals surface area contributed by atoms with Crippen molar-refractivity contribution in [1.29, 1.82) is 0 Å². The number of nitrogens with zero attached hydrogens (tertiary/aromatic N) is 1. The zero-order valence-corrected chi connectivity index (χ0v) is 9.67. The molecule has 2 amide bonds. The van der Waals surface area contributed by atoms with E-state index >= 15 is 0 Å². The fraction of sp³-hybridized carbons (Fsp3) is 0.909. The van der Waals surface area contributed by atoms with Crippen LogP contribution < -0.4 is 11.1 Å². The van der Waals surface area contributed by atoms with Gasteiger partial charge in [0.1, 0.15) is 0 Å². The maximum absolute atomic E-state index is 11.1. The molecular weight excluding hydrogens is 190 g/mol. The van der Waals surface area contributed by atoms with Gasteiger partial charge in [0.05, 0.1) is 0 Å². The van der Waals surface area contributed by atoms with Crippen LogP contribution in [-0.2, 0) is 0 Å². The van der Waals surface area contributed by atoms with E-state index in [0.717, 1.165) is 26.1 Å². The lowest BCUT2D eigenvalue weighted by Crippen LogP contribution is -2.38. The van der Waals surface area contributed by atoms with Crippen molar-refractivity contribution in [2.45, 2.75) is 32.1 Å². The number of primary amides is 1. The van der Waals surface area contributed by atoms with Crippen molar-refractivity contribution in [1.82, 2.24) is 10.2 Å². The maximum atomic E-state index is 11.1. The number of hydrogen-bond donors (Lipinski definition) is 2. The zero-order valence-electron chi connectivity index (χ0n) is 9.67. The summed E-state index contributed by atoms with van der Waals surface area (Å²) >= 11 is 0. The van der Waals surface area contributed by atoms with Crippen LogP contribution in [0.5, 0.6) is 0 Å². The van der Waals surface area contributed by atoms with Gasteiger partial charge in [-0.15, -0.1) is 0 Å². The van der Waals surface area contributed by atoms with E-state index in [0.29, 0.717) is 5.92 Å². The molecule has 1 heterocycles. The summed E-state index contributed by atoms with van der Waals surface area (Å²) in [5.41, 5.74) is 5.33. The van der Waals surface area contributed by atoms with Crippen molar-refractivity contribution in [3.63, 3.8) is 0 Å². The minimum atomic E-state index is -0.254. The van der Waals surface area contributed by atoms with Gasteiger partial charge in [-0.3, -0.25) is 0 Å². The Morgan fingerprint density at radius 3 is 3.00 bits per heavy atom. The zero-order chi connectivity index (χ0) is 11.1. The van der Waals surface area contributed by atoms with Gasteiger partial charge >= 0.3 is 6.03 Å². The van der Waals surface area contributed by atoms with Gasteiger partial charge in [0.25, 0.3) is 0 Å². The van der Waals surface area contributed by atoms with Gasteiger partial charge in [0, 0.05) is 13.1 Å². The Morgan fingerprint density at radius 1 is 1.53 bits per heavy atom. The highest BCUT2D eigenvalue weighted by Crippen LogP contribution is 2.20. The van der Waals surface area contributed by atoms with Crippen molar-refractivity contribution in [2.24, 2.45) is 11.7 Å². The SMILES string of the molecule is CNCCCC1CCCCN(C(N)=O)C1. The van der Waals surface area contributed by atoms with Gasteiger partial charge < -0.3 is 16.0 Å². The molecule has 0 aromatic rings. The number of urea groups is 1. The predicted molar refractivity (Wildman–Crippen MR) is 61.7 cm³/mol. The molecule has 1 aliphatic heterocycles. The number of hydrogen-bond acceptors (Lipinski definition) is 2. The van der Waals surface area contributed by atoms with Crippen LogP contribution in [-0.4, -0.2) is 37.6 Å². The first kappa shape index (κ1) is 12.3. The summed E-state index contributed by atoms with van der Waals surface area (Å²) in [6.45, 7) is 2.77. The van der Waals surface area contributed by atoms with Crippen molar-refractivity contribution in [3.05, 3.63) is 0 Å². The van der Waals surface area contributed by atoms with Crippen molar-refractivity contribution >= 4 is 6.03 Å². The van der Waals surface area contributed by atoms with Crippen LogP contribution in [0.4, 0.5) is 4.79 Å². The van der Waals surface area contributed by atoms with E-state index in [4.69, 9.17) is 5.73 Å². The molecule has 88 valence electrons. The number of nitrogens with one attached hydrogen (secondary N) is 1. The summed E-state index contributed by atoms with van der Waals surface area (Å²) in [4.78, 5) is 12.9. The number of amides is 2. The summed E-state index contributed by atoms with van der Waals surface area (Å²) in [6.07, 6.45) is 5.96. The number of nitrogens with two attached hydrogens (primary N) is 1. The standard InChI is InChI=1S/C11H23N3O/c1-13-7-4-6-10-5-2-3-8-14(9-10)11(12)15/h10,13H,2-9H2,1H3,(H2,12,15). The van der Waals surface area contributed by atoms with Gasteiger partial charge in [0.15, 0.2) is 0 Å². The molecule has 4 nitrogen and oxygen atoms in total. The third-order valence-electron chi connectivity index (χ3n) is 3.12. The minimum Gasteiger partial charge on any atom is -0.351 e. The third kappa shape index (κ3) is 4.51. The van der Waals surface area contributed by atoms with Gasteiger partial charge in [-0.05, 0) is 45.2 Å². The predicted octanol–water partition coefficient (Wildman–Crippen LogP) is 1.17. The summed E-state index contributed by atoms with van der Waals surface area (Å²) in [5.74, 6) is 0.647. The van der Waals surface area contributed by atoms with Crippen LogP contribution in [0, 0.1) is 5.92 Å². The number of carbonyl (C=O) groups excluding carboxylic acids is 1. The average molecular weight is 213 g/mol. The molecule has 15 heavy (non-hydrogen) atoms. The van der Waals surface area contributed by atoms with E-state index in [9.17, 15) is 4.79 Å². The second-order valence-corrected chi connectivity index (χ2v) is 4.39. The summed E-state index contributed by atoms with van der Waals surface area (Å²) < 4.78 is 0. The van der Waals surface area contributed by atoms with E-state index < -0.39 is 0 Å². The maximum Gasteiger partial charge on any atom is 0.314 e. The molecule has 1 aliphatic rings. The fourth-order valence-electron chi connectivity index (χ4n) is 2.23. The highest BCUT2D eigenvalue weighted by atomic mass is 16.2.